The van der Waals surface area contributed by atoms with E-state index in [9.17, 15) is 20.0 Å². The van der Waals surface area contributed by atoms with Gasteiger partial charge in [0.05, 0.1) is 16.2 Å². The van der Waals surface area contributed by atoms with Crippen LogP contribution in [0.15, 0.2) is 18.2 Å². The predicted octanol–water partition coefficient (Wildman–Crippen LogP) is 2.28. The highest BCUT2D eigenvalue weighted by Gasteiger charge is 2.39. The first-order valence-corrected chi connectivity index (χ1v) is 6.34. The molecule has 0 radical (unpaired) electrons. The van der Waals surface area contributed by atoms with E-state index in [1.165, 1.54) is 12.5 Å². The van der Waals surface area contributed by atoms with Crippen LogP contribution in [0.3, 0.4) is 0 Å². The molecule has 19 heavy (non-hydrogen) atoms. The lowest BCUT2D eigenvalue weighted by Gasteiger charge is -2.30. The molecule has 2 atom stereocenters. The number of anilines is 1. The monoisotopic (exact) mass is 262 g/mol. The number of nitro groups is 1. The van der Waals surface area contributed by atoms with Crippen molar-refractivity contribution in [2.24, 2.45) is 5.92 Å². The molecule has 6 nitrogen and oxygen atoms in total. The van der Waals surface area contributed by atoms with Gasteiger partial charge in [0.1, 0.15) is 0 Å². The van der Waals surface area contributed by atoms with E-state index >= 15 is 0 Å². The third-order valence-electron chi connectivity index (χ3n) is 4.14. The predicted molar refractivity (Wildman–Crippen MR) is 68.5 cm³/mol. The van der Waals surface area contributed by atoms with E-state index in [1.807, 2.05) is 0 Å². The smallest absolute Gasteiger partial charge is 0.338 e. The third kappa shape index (κ3) is 1.93. The van der Waals surface area contributed by atoms with Crippen LogP contribution in [-0.4, -0.2) is 28.6 Å². The largest absolute Gasteiger partial charge is 0.478 e. The molecule has 1 aromatic rings. The van der Waals surface area contributed by atoms with Crippen LogP contribution in [0, 0.1) is 16.0 Å². The van der Waals surface area contributed by atoms with Crippen molar-refractivity contribution in [1.29, 1.82) is 0 Å². The van der Waals surface area contributed by atoms with Crippen molar-refractivity contribution in [3.63, 3.8) is 0 Å². The number of benzene rings is 1. The molecule has 1 aliphatic heterocycles. The average molecular weight is 262 g/mol. The highest BCUT2D eigenvalue weighted by molar-refractivity contribution is 5.95. The Labute approximate surface area is 109 Å². The summed E-state index contributed by atoms with van der Waals surface area (Å²) in [4.78, 5) is 23.6. The molecule has 2 fully saturated rings. The van der Waals surface area contributed by atoms with Gasteiger partial charge in [-0.1, -0.05) is 0 Å². The number of rotatable bonds is 3. The third-order valence-corrected chi connectivity index (χ3v) is 4.14. The van der Waals surface area contributed by atoms with Crippen molar-refractivity contribution in [2.45, 2.75) is 25.3 Å². The van der Waals surface area contributed by atoms with Crippen LogP contribution in [-0.2, 0) is 0 Å². The zero-order valence-corrected chi connectivity index (χ0v) is 10.3. The number of hydrogen-bond donors (Lipinski definition) is 1. The van der Waals surface area contributed by atoms with Crippen LogP contribution in [0.2, 0.25) is 0 Å². The Morgan fingerprint density at radius 1 is 1.42 bits per heavy atom. The second kappa shape index (κ2) is 4.22. The lowest BCUT2D eigenvalue weighted by atomic mass is 10.1. The van der Waals surface area contributed by atoms with E-state index in [4.69, 9.17) is 0 Å². The summed E-state index contributed by atoms with van der Waals surface area (Å²) in [6, 6.07) is 4.50. The number of hydrogen-bond acceptors (Lipinski definition) is 4. The fourth-order valence-corrected chi connectivity index (χ4v) is 3.28. The number of nitrogens with zero attached hydrogens (tertiary/aromatic N) is 2. The van der Waals surface area contributed by atoms with Crippen molar-refractivity contribution in [3.8, 4) is 0 Å². The van der Waals surface area contributed by atoms with Crippen molar-refractivity contribution in [3.05, 3.63) is 33.9 Å². The lowest BCUT2D eigenvalue weighted by Crippen LogP contribution is -2.33. The van der Waals surface area contributed by atoms with E-state index in [-0.39, 0.29) is 11.3 Å². The Bertz CT molecular complexity index is 558. The Hall–Kier alpha value is -2.11. The molecule has 6 heteroatoms. The normalized spacial score (nSPS) is 24.7. The minimum absolute atomic E-state index is 0.0294. The zero-order chi connectivity index (χ0) is 13.6. The zero-order valence-electron chi connectivity index (χ0n) is 10.3. The summed E-state index contributed by atoms with van der Waals surface area (Å²) < 4.78 is 0. The van der Waals surface area contributed by atoms with Gasteiger partial charge in [-0.25, -0.2) is 4.79 Å². The number of carboxylic acids is 1. The SMILES string of the molecule is O=C(O)c1cc([N+](=O)[O-])ccc1N1CC2CCC1C2. The first-order chi connectivity index (χ1) is 9.06. The van der Waals surface area contributed by atoms with Gasteiger partial charge in [0, 0.05) is 24.7 Å². The summed E-state index contributed by atoms with van der Waals surface area (Å²) in [5, 5.41) is 20.0. The number of fused-ring (bicyclic) bond motifs is 2. The molecule has 0 amide bonds. The van der Waals surface area contributed by atoms with Gasteiger partial charge < -0.3 is 10.0 Å². The lowest BCUT2D eigenvalue weighted by molar-refractivity contribution is -0.384. The molecule has 1 N–H and O–H groups in total. The molecule has 1 saturated heterocycles. The Morgan fingerprint density at radius 2 is 2.21 bits per heavy atom. The number of carbonyl (C=O) groups is 1. The first kappa shape index (κ1) is 12.0. The quantitative estimate of drug-likeness (QED) is 0.667. The number of carboxylic acid groups (broad SMARTS) is 1. The van der Waals surface area contributed by atoms with Crippen LogP contribution < -0.4 is 4.90 Å². The van der Waals surface area contributed by atoms with E-state index in [2.05, 4.69) is 4.90 Å². The van der Waals surface area contributed by atoms with Crippen molar-refractivity contribution in [2.75, 3.05) is 11.4 Å². The van der Waals surface area contributed by atoms with Gasteiger partial charge in [-0.3, -0.25) is 10.1 Å². The van der Waals surface area contributed by atoms with Crippen molar-refractivity contribution < 1.29 is 14.8 Å². The van der Waals surface area contributed by atoms with Crippen molar-refractivity contribution in [1.82, 2.24) is 0 Å². The molecule has 100 valence electrons. The van der Waals surface area contributed by atoms with Crippen LogP contribution in [0.4, 0.5) is 11.4 Å². The van der Waals surface area contributed by atoms with Gasteiger partial charge >= 0.3 is 5.97 Å². The molecule has 0 spiro atoms. The van der Waals surface area contributed by atoms with Gasteiger partial charge in [0.25, 0.3) is 5.69 Å². The molecule has 2 unspecified atom stereocenters. The average Bonchev–Trinajstić information content (AvgIpc) is 3.00. The maximum atomic E-state index is 11.3. The second-order valence-electron chi connectivity index (χ2n) is 5.25. The van der Waals surface area contributed by atoms with E-state index in [1.54, 1.807) is 6.07 Å². The van der Waals surface area contributed by atoms with Gasteiger partial charge in [-0.15, -0.1) is 0 Å². The van der Waals surface area contributed by atoms with Crippen LogP contribution >= 0.6 is 0 Å². The molecule has 1 aromatic carbocycles. The number of piperidine rings is 1. The molecule has 1 saturated carbocycles. The van der Waals surface area contributed by atoms with Gasteiger partial charge in [0.2, 0.25) is 0 Å². The fourth-order valence-electron chi connectivity index (χ4n) is 3.28. The Morgan fingerprint density at radius 3 is 2.74 bits per heavy atom. The van der Waals surface area contributed by atoms with E-state index in [0.717, 1.165) is 25.5 Å². The minimum Gasteiger partial charge on any atom is -0.478 e. The number of aromatic carboxylic acids is 1. The molecular weight excluding hydrogens is 248 g/mol. The molecule has 0 aromatic heterocycles. The molecule has 2 aliphatic rings. The minimum atomic E-state index is -1.11. The molecule has 3 rings (SSSR count). The molecule has 2 bridgehead atoms. The maximum Gasteiger partial charge on any atom is 0.338 e. The van der Waals surface area contributed by atoms with Crippen molar-refractivity contribution >= 4 is 17.3 Å². The van der Waals surface area contributed by atoms with Gasteiger partial charge in [-0.05, 0) is 31.2 Å². The van der Waals surface area contributed by atoms with E-state index in [0.29, 0.717) is 17.6 Å². The molecular formula is C13H14N2O4. The van der Waals surface area contributed by atoms with E-state index < -0.39 is 10.9 Å². The van der Waals surface area contributed by atoms with Crippen LogP contribution in [0.25, 0.3) is 0 Å². The number of non-ortho nitro benzene ring substituents is 1. The first-order valence-electron chi connectivity index (χ1n) is 6.34. The summed E-state index contributed by atoms with van der Waals surface area (Å²) in [6.45, 7) is 0.864. The summed E-state index contributed by atoms with van der Waals surface area (Å²) in [7, 11) is 0. The summed E-state index contributed by atoms with van der Waals surface area (Å²) >= 11 is 0. The summed E-state index contributed by atoms with van der Waals surface area (Å²) in [5.74, 6) is -0.469. The Kier molecular flexibility index (Phi) is 2.66. The fraction of sp³-hybridized carbons (Fsp3) is 0.462. The highest BCUT2D eigenvalue weighted by Crippen LogP contribution is 2.41. The van der Waals surface area contributed by atoms with Crippen LogP contribution in [0.5, 0.6) is 0 Å². The summed E-state index contributed by atoms with van der Waals surface area (Å²) in [6.07, 6.45) is 3.40. The maximum absolute atomic E-state index is 11.3. The number of nitro benzene ring substituents is 1. The summed E-state index contributed by atoms with van der Waals surface area (Å²) in [5.41, 5.74) is 0.470. The van der Waals surface area contributed by atoms with Crippen LogP contribution in [0.1, 0.15) is 29.6 Å². The van der Waals surface area contributed by atoms with Gasteiger partial charge in [-0.2, -0.15) is 0 Å². The molecule has 1 heterocycles. The highest BCUT2D eigenvalue weighted by atomic mass is 16.6. The topological polar surface area (TPSA) is 83.7 Å². The van der Waals surface area contributed by atoms with Gasteiger partial charge in [0.15, 0.2) is 0 Å². The second-order valence-corrected chi connectivity index (χ2v) is 5.25. The Balaban J connectivity index is 2.01. The standard InChI is InChI=1S/C13H14N2O4/c16-13(17)11-6-10(15(18)19)3-4-12(11)14-7-8-1-2-9(14)5-8/h3-4,6,8-9H,1-2,5,7H2,(H,16,17). The molecule has 1 aliphatic carbocycles.